The summed E-state index contributed by atoms with van der Waals surface area (Å²) in [5.74, 6) is 0.661. The van der Waals surface area contributed by atoms with Crippen molar-refractivity contribution in [3.8, 4) is 0 Å². The Kier molecular flexibility index (Phi) is 5.00. The summed E-state index contributed by atoms with van der Waals surface area (Å²) in [7, 11) is 0. The van der Waals surface area contributed by atoms with E-state index in [4.69, 9.17) is 0 Å². The van der Waals surface area contributed by atoms with Crippen molar-refractivity contribution in [1.82, 2.24) is 0 Å². The van der Waals surface area contributed by atoms with Gasteiger partial charge >= 0.3 is 0 Å². The molecule has 1 atom stereocenters. The molecule has 0 N–H and O–H groups in total. The highest BCUT2D eigenvalue weighted by molar-refractivity contribution is 9.09. The van der Waals surface area contributed by atoms with E-state index in [0.717, 1.165) is 18.2 Å². The zero-order valence-corrected chi connectivity index (χ0v) is 12.4. The van der Waals surface area contributed by atoms with Gasteiger partial charge in [0.1, 0.15) is 0 Å². The van der Waals surface area contributed by atoms with Crippen LogP contribution in [-0.2, 0) is 12.8 Å². The first kappa shape index (κ1) is 13.4. The van der Waals surface area contributed by atoms with Gasteiger partial charge in [-0.2, -0.15) is 0 Å². The van der Waals surface area contributed by atoms with Crippen LogP contribution in [0.1, 0.15) is 16.7 Å². The fourth-order valence-electron chi connectivity index (χ4n) is 2.28. The van der Waals surface area contributed by atoms with Crippen molar-refractivity contribution < 1.29 is 0 Å². The molecule has 1 unspecified atom stereocenters. The van der Waals surface area contributed by atoms with Crippen LogP contribution >= 0.6 is 15.9 Å². The molecule has 0 aliphatic rings. The average molecular weight is 303 g/mol. The maximum Gasteiger partial charge on any atom is 0.00660 e. The summed E-state index contributed by atoms with van der Waals surface area (Å²) < 4.78 is 0. The molecule has 0 saturated carbocycles. The third kappa shape index (κ3) is 3.71. The van der Waals surface area contributed by atoms with Crippen LogP contribution in [0, 0.1) is 12.8 Å². The molecule has 0 amide bonds. The van der Waals surface area contributed by atoms with Crippen molar-refractivity contribution in [2.45, 2.75) is 19.8 Å². The maximum atomic E-state index is 3.66. The molecule has 0 aliphatic heterocycles. The molecule has 2 rings (SSSR count). The average Bonchev–Trinajstić information content (AvgIpc) is 2.41. The molecule has 0 nitrogen and oxygen atoms in total. The monoisotopic (exact) mass is 302 g/mol. The van der Waals surface area contributed by atoms with Gasteiger partial charge in [0.15, 0.2) is 0 Å². The largest absolute Gasteiger partial charge is 0.0925 e. The normalized spacial score (nSPS) is 12.3. The summed E-state index contributed by atoms with van der Waals surface area (Å²) in [6.07, 6.45) is 2.28. The van der Waals surface area contributed by atoms with Crippen LogP contribution < -0.4 is 0 Å². The van der Waals surface area contributed by atoms with Gasteiger partial charge in [0.2, 0.25) is 0 Å². The Morgan fingerprint density at radius 2 is 1.56 bits per heavy atom. The summed E-state index contributed by atoms with van der Waals surface area (Å²) in [4.78, 5) is 0. The van der Waals surface area contributed by atoms with Crippen LogP contribution in [0.15, 0.2) is 54.6 Å². The van der Waals surface area contributed by atoms with Crippen molar-refractivity contribution in [2.24, 2.45) is 5.92 Å². The molecular weight excluding hydrogens is 284 g/mol. The van der Waals surface area contributed by atoms with Crippen molar-refractivity contribution in [1.29, 1.82) is 0 Å². The highest BCUT2D eigenvalue weighted by atomic mass is 79.9. The molecule has 1 heteroatoms. The summed E-state index contributed by atoms with van der Waals surface area (Å²) in [6.45, 7) is 2.20. The van der Waals surface area contributed by atoms with Gasteiger partial charge in [0.25, 0.3) is 0 Å². The van der Waals surface area contributed by atoms with Crippen LogP contribution in [0.5, 0.6) is 0 Å². The summed E-state index contributed by atoms with van der Waals surface area (Å²) in [5, 5.41) is 1.05. The quantitative estimate of drug-likeness (QED) is 0.697. The van der Waals surface area contributed by atoms with Crippen molar-refractivity contribution in [3.63, 3.8) is 0 Å². The first-order valence-corrected chi connectivity index (χ1v) is 7.56. The molecule has 0 radical (unpaired) electrons. The molecular formula is C17H19Br. The third-order valence-corrected chi connectivity index (χ3v) is 4.27. The molecule has 2 aromatic carbocycles. The molecule has 18 heavy (non-hydrogen) atoms. The van der Waals surface area contributed by atoms with E-state index in [2.05, 4.69) is 77.5 Å². The number of hydrogen-bond acceptors (Lipinski definition) is 0. The number of hydrogen-bond donors (Lipinski definition) is 0. The Hall–Kier alpha value is -1.08. The zero-order valence-electron chi connectivity index (χ0n) is 10.8. The Bertz CT molecular complexity index is 476. The maximum absolute atomic E-state index is 3.66. The van der Waals surface area contributed by atoms with E-state index in [1.807, 2.05) is 0 Å². The molecule has 0 aromatic heterocycles. The second-order valence-corrected chi connectivity index (χ2v) is 5.49. The lowest BCUT2D eigenvalue weighted by molar-refractivity contribution is 0.589. The van der Waals surface area contributed by atoms with Crippen molar-refractivity contribution in [2.75, 3.05) is 5.33 Å². The smallest absolute Gasteiger partial charge is 0.00660 e. The molecule has 0 spiro atoms. The second-order valence-electron chi connectivity index (χ2n) is 4.84. The van der Waals surface area contributed by atoms with Gasteiger partial charge in [-0.1, -0.05) is 70.5 Å². The number of halogens is 1. The van der Waals surface area contributed by atoms with Crippen LogP contribution in [0.2, 0.25) is 0 Å². The number of aryl methyl sites for hydroxylation is 1. The van der Waals surface area contributed by atoms with Crippen LogP contribution in [0.3, 0.4) is 0 Å². The number of rotatable bonds is 5. The molecule has 2 aromatic rings. The molecule has 0 saturated heterocycles. The van der Waals surface area contributed by atoms with Crippen molar-refractivity contribution >= 4 is 15.9 Å². The minimum Gasteiger partial charge on any atom is -0.0925 e. The molecule has 0 heterocycles. The Morgan fingerprint density at radius 1 is 0.889 bits per heavy atom. The van der Waals surface area contributed by atoms with Gasteiger partial charge in [0.05, 0.1) is 0 Å². The highest BCUT2D eigenvalue weighted by Gasteiger charge is 2.10. The predicted molar refractivity (Wildman–Crippen MR) is 82.3 cm³/mol. The number of benzene rings is 2. The predicted octanol–water partition coefficient (Wildman–Crippen LogP) is 4.79. The topological polar surface area (TPSA) is 0 Å². The highest BCUT2D eigenvalue weighted by Crippen LogP contribution is 2.19. The fourth-order valence-corrected chi connectivity index (χ4v) is 2.74. The third-order valence-electron chi connectivity index (χ3n) is 3.36. The molecule has 0 aliphatic carbocycles. The zero-order chi connectivity index (χ0) is 12.8. The van der Waals surface area contributed by atoms with Crippen LogP contribution in [0.25, 0.3) is 0 Å². The first-order chi connectivity index (χ1) is 8.79. The van der Waals surface area contributed by atoms with E-state index in [1.165, 1.54) is 16.7 Å². The van der Waals surface area contributed by atoms with Gasteiger partial charge in [-0.05, 0) is 42.4 Å². The minimum absolute atomic E-state index is 0.661. The van der Waals surface area contributed by atoms with Gasteiger partial charge in [-0.3, -0.25) is 0 Å². The summed E-state index contributed by atoms with van der Waals surface area (Å²) in [6, 6.07) is 19.4. The van der Waals surface area contributed by atoms with E-state index in [-0.39, 0.29) is 0 Å². The van der Waals surface area contributed by atoms with Gasteiger partial charge < -0.3 is 0 Å². The lowest BCUT2D eigenvalue weighted by Gasteiger charge is -2.15. The lowest BCUT2D eigenvalue weighted by Crippen LogP contribution is -2.10. The standard InChI is InChI=1S/C17H19Br/c1-14-7-5-6-10-17(14)12-16(13-18)11-15-8-3-2-4-9-15/h2-10,16H,11-13H2,1H3. The van der Waals surface area contributed by atoms with Gasteiger partial charge in [-0.15, -0.1) is 0 Å². The van der Waals surface area contributed by atoms with E-state index in [9.17, 15) is 0 Å². The van der Waals surface area contributed by atoms with Crippen molar-refractivity contribution in [3.05, 3.63) is 71.3 Å². The Balaban J connectivity index is 2.04. The molecule has 0 bridgehead atoms. The van der Waals surface area contributed by atoms with Gasteiger partial charge in [0, 0.05) is 5.33 Å². The van der Waals surface area contributed by atoms with Crippen LogP contribution in [-0.4, -0.2) is 5.33 Å². The van der Waals surface area contributed by atoms with E-state index in [0.29, 0.717) is 5.92 Å². The Labute approximate surface area is 118 Å². The molecule has 94 valence electrons. The SMILES string of the molecule is Cc1ccccc1CC(CBr)Cc1ccccc1. The second kappa shape index (κ2) is 6.75. The first-order valence-electron chi connectivity index (χ1n) is 6.44. The van der Waals surface area contributed by atoms with E-state index in [1.54, 1.807) is 0 Å². The van der Waals surface area contributed by atoms with Gasteiger partial charge in [-0.25, -0.2) is 0 Å². The summed E-state index contributed by atoms with van der Waals surface area (Å²) in [5.41, 5.74) is 4.30. The minimum atomic E-state index is 0.661. The van der Waals surface area contributed by atoms with E-state index >= 15 is 0 Å². The van der Waals surface area contributed by atoms with Crippen LogP contribution in [0.4, 0.5) is 0 Å². The van der Waals surface area contributed by atoms with E-state index < -0.39 is 0 Å². The number of alkyl halides is 1. The molecule has 0 fully saturated rings. The summed E-state index contributed by atoms with van der Waals surface area (Å²) >= 11 is 3.66. The lowest BCUT2D eigenvalue weighted by atomic mass is 9.92. The fraction of sp³-hybridized carbons (Fsp3) is 0.294. The Morgan fingerprint density at radius 3 is 2.22 bits per heavy atom.